The fourth-order valence-electron chi connectivity index (χ4n) is 3.62. The van der Waals surface area contributed by atoms with Crippen molar-refractivity contribution in [1.29, 1.82) is 0 Å². The number of rotatable bonds is 6. The highest BCUT2D eigenvalue weighted by molar-refractivity contribution is 7.09. The summed E-state index contributed by atoms with van der Waals surface area (Å²) >= 11 is 1.39. The van der Waals surface area contributed by atoms with Crippen molar-refractivity contribution in [3.8, 4) is 11.5 Å². The van der Waals surface area contributed by atoms with Crippen LogP contribution in [0.2, 0.25) is 0 Å². The van der Waals surface area contributed by atoms with Gasteiger partial charge in [0.1, 0.15) is 6.04 Å². The van der Waals surface area contributed by atoms with Crippen molar-refractivity contribution >= 4 is 23.2 Å². The molecule has 31 heavy (non-hydrogen) atoms. The van der Waals surface area contributed by atoms with E-state index in [0.717, 1.165) is 37.6 Å². The summed E-state index contributed by atoms with van der Waals surface area (Å²) < 4.78 is 12.3. The van der Waals surface area contributed by atoms with Crippen molar-refractivity contribution in [3.05, 3.63) is 39.6 Å². The van der Waals surface area contributed by atoms with Crippen LogP contribution >= 0.6 is 11.3 Å². The number of methoxy groups -OCH3 is 2. The van der Waals surface area contributed by atoms with Gasteiger partial charge in [0, 0.05) is 42.8 Å². The molecule has 9 heteroatoms. The maximum atomic E-state index is 13.1. The van der Waals surface area contributed by atoms with Gasteiger partial charge in [0.15, 0.2) is 16.3 Å². The molecule has 1 aromatic carbocycles. The Hall–Kier alpha value is -2.65. The molecule has 0 radical (unpaired) electrons. The fraction of sp³-hybridized carbons (Fsp3) is 0.500. The minimum atomic E-state index is -0.435. The summed E-state index contributed by atoms with van der Waals surface area (Å²) in [5, 5.41) is 0. The summed E-state index contributed by atoms with van der Waals surface area (Å²) in [4.78, 5) is 36.0. The molecule has 0 N–H and O–H groups in total. The Morgan fingerprint density at radius 1 is 1.13 bits per heavy atom. The average Bonchev–Trinajstić information content (AvgIpc) is 3.17. The van der Waals surface area contributed by atoms with Crippen LogP contribution in [0.15, 0.2) is 29.4 Å². The smallest absolute Gasteiger partial charge is 0.279 e. The van der Waals surface area contributed by atoms with E-state index >= 15 is 0 Å². The zero-order valence-electron chi connectivity index (χ0n) is 18.8. The largest absolute Gasteiger partial charge is 0.493 e. The van der Waals surface area contributed by atoms with Gasteiger partial charge >= 0.3 is 0 Å². The fourth-order valence-corrected chi connectivity index (χ4v) is 4.52. The molecule has 2 aromatic rings. The van der Waals surface area contributed by atoms with Gasteiger partial charge in [-0.3, -0.25) is 9.59 Å². The number of thiazole rings is 1. The Kier molecular flexibility index (Phi) is 7.50. The molecule has 2 heterocycles. The second kappa shape index (κ2) is 10.1. The molecule has 0 bridgehead atoms. The number of amides is 2. The number of carbonyl (C=O) groups is 2. The molecule has 0 aliphatic carbocycles. The number of hydrogen-bond acceptors (Lipinski definition) is 6. The maximum Gasteiger partial charge on any atom is 0.279 e. The highest BCUT2D eigenvalue weighted by atomic mass is 32.1. The van der Waals surface area contributed by atoms with Crippen LogP contribution in [0.1, 0.15) is 35.1 Å². The number of benzene rings is 1. The van der Waals surface area contributed by atoms with Gasteiger partial charge in [0.25, 0.3) is 5.91 Å². The molecule has 2 amide bonds. The van der Waals surface area contributed by atoms with Gasteiger partial charge in [0.2, 0.25) is 5.91 Å². The minimum Gasteiger partial charge on any atom is -0.493 e. The zero-order valence-corrected chi connectivity index (χ0v) is 19.6. The van der Waals surface area contributed by atoms with Crippen LogP contribution in [0.25, 0.3) is 0 Å². The van der Waals surface area contributed by atoms with Gasteiger partial charge in [-0.1, -0.05) is 6.92 Å². The molecule has 3 rings (SSSR count). The first-order chi connectivity index (χ1) is 14.9. The van der Waals surface area contributed by atoms with E-state index in [-0.39, 0.29) is 5.91 Å². The third-order valence-corrected chi connectivity index (χ3v) is 6.44. The van der Waals surface area contributed by atoms with Crippen molar-refractivity contribution in [2.75, 3.05) is 46.9 Å². The summed E-state index contributed by atoms with van der Waals surface area (Å²) in [5.74, 6) is 0.665. The predicted octanol–water partition coefficient (Wildman–Crippen LogP) is 2.34. The molecule has 0 saturated carbocycles. The lowest BCUT2D eigenvalue weighted by atomic mass is 10.2. The minimum absolute atomic E-state index is 0.0496. The number of piperazine rings is 1. The Bertz CT molecular complexity index is 1010. The molecule has 1 fully saturated rings. The third kappa shape index (κ3) is 5.16. The number of ether oxygens (including phenoxy) is 2. The van der Waals surface area contributed by atoms with Crippen molar-refractivity contribution in [2.45, 2.75) is 26.8 Å². The van der Waals surface area contributed by atoms with Crippen LogP contribution in [0.5, 0.6) is 11.5 Å². The molecular formula is C22H30N4O4S. The van der Waals surface area contributed by atoms with Gasteiger partial charge < -0.3 is 23.8 Å². The number of likely N-dealkylation sites (N-methyl/N-ethyl adjacent to an activating group) is 1. The standard InChI is InChI=1S/C22H30N4O4S/c1-6-24-9-11-25(12-10-24)21(28)16(3)26-14-15(2)31-22(26)23-20(27)17-7-8-18(29-4)19(13-17)30-5/h7-8,13-14,16H,6,9-12H2,1-5H3/t16-/m0/s1. The van der Waals surface area contributed by atoms with Gasteiger partial charge in [0.05, 0.1) is 14.2 Å². The Morgan fingerprint density at radius 3 is 2.42 bits per heavy atom. The first kappa shape index (κ1) is 23.0. The lowest BCUT2D eigenvalue weighted by Crippen LogP contribution is -2.50. The number of hydrogen-bond donors (Lipinski definition) is 0. The van der Waals surface area contributed by atoms with E-state index in [4.69, 9.17) is 9.47 Å². The third-order valence-electron chi connectivity index (χ3n) is 5.53. The SMILES string of the molecule is CCN1CCN(C(=O)[C@H](C)n2cc(C)sc2=NC(=O)c2ccc(OC)c(OC)c2)CC1. The van der Waals surface area contributed by atoms with E-state index in [1.165, 1.54) is 18.4 Å². The van der Waals surface area contributed by atoms with E-state index in [0.29, 0.717) is 21.9 Å². The van der Waals surface area contributed by atoms with Gasteiger partial charge in [-0.15, -0.1) is 11.3 Å². The molecule has 1 aliphatic heterocycles. The molecule has 0 spiro atoms. The van der Waals surface area contributed by atoms with Crippen LogP contribution in [-0.4, -0.2) is 73.1 Å². The monoisotopic (exact) mass is 446 g/mol. The van der Waals surface area contributed by atoms with Crippen molar-refractivity contribution in [3.63, 3.8) is 0 Å². The molecular weight excluding hydrogens is 416 g/mol. The van der Waals surface area contributed by atoms with E-state index < -0.39 is 11.9 Å². The Morgan fingerprint density at radius 2 is 1.81 bits per heavy atom. The van der Waals surface area contributed by atoms with Crippen molar-refractivity contribution < 1.29 is 19.1 Å². The number of aromatic nitrogens is 1. The quantitative estimate of drug-likeness (QED) is 0.681. The number of aryl methyl sites for hydroxylation is 1. The first-order valence-electron chi connectivity index (χ1n) is 10.4. The summed E-state index contributed by atoms with van der Waals surface area (Å²) in [7, 11) is 3.06. The summed E-state index contributed by atoms with van der Waals surface area (Å²) in [5.41, 5.74) is 0.393. The van der Waals surface area contributed by atoms with Crippen LogP contribution in [0.3, 0.4) is 0 Å². The molecule has 0 unspecified atom stereocenters. The van der Waals surface area contributed by atoms with E-state index in [9.17, 15) is 9.59 Å². The summed E-state index contributed by atoms with van der Waals surface area (Å²) in [6.07, 6.45) is 1.89. The summed E-state index contributed by atoms with van der Waals surface area (Å²) in [6, 6.07) is 4.50. The topological polar surface area (TPSA) is 76.4 Å². The van der Waals surface area contributed by atoms with Crippen LogP contribution < -0.4 is 14.3 Å². The van der Waals surface area contributed by atoms with E-state index in [2.05, 4.69) is 16.8 Å². The molecule has 1 aliphatic rings. The normalized spacial score (nSPS) is 16.3. The van der Waals surface area contributed by atoms with Crippen LogP contribution in [0.4, 0.5) is 0 Å². The second-order valence-electron chi connectivity index (χ2n) is 7.45. The maximum absolute atomic E-state index is 13.1. The lowest BCUT2D eigenvalue weighted by Gasteiger charge is -2.35. The van der Waals surface area contributed by atoms with Gasteiger partial charge in [-0.05, 0) is 38.6 Å². The molecule has 1 atom stereocenters. The molecule has 8 nitrogen and oxygen atoms in total. The molecule has 1 aromatic heterocycles. The van der Waals surface area contributed by atoms with Crippen molar-refractivity contribution in [2.24, 2.45) is 4.99 Å². The van der Waals surface area contributed by atoms with Gasteiger partial charge in [-0.2, -0.15) is 4.99 Å². The first-order valence-corrected chi connectivity index (χ1v) is 11.2. The summed E-state index contributed by atoms with van der Waals surface area (Å²) in [6.45, 7) is 10.1. The van der Waals surface area contributed by atoms with E-state index in [1.807, 2.05) is 24.9 Å². The van der Waals surface area contributed by atoms with E-state index in [1.54, 1.807) is 29.9 Å². The molecule has 1 saturated heterocycles. The Labute approximate surface area is 186 Å². The highest BCUT2D eigenvalue weighted by Crippen LogP contribution is 2.27. The average molecular weight is 447 g/mol. The van der Waals surface area contributed by atoms with Crippen LogP contribution in [0, 0.1) is 6.92 Å². The second-order valence-corrected chi connectivity index (χ2v) is 8.67. The zero-order chi connectivity index (χ0) is 22.5. The number of nitrogens with zero attached hydrogens (tertiary/aromatic N) is 4. The number of carbonyl (C=O) groups excluding carboxylic acids is 2. The highest BCUT2D eigenvalue weighted by Gasteiger charge is 2.26. The lowest BCUT2D eigenvalue weighted by molar-refractivity contribution is -0.136. The predicted molar refractivity (Wildman–Crippen MR) is 120 cm³/mol. The molecule has 168 valence electrons. The van der Waals surface area contributed by atoms with Crippen LogP contribution in [-0.2, 0) is 4.79 Å². The Balaban J connectivity index is 1.85. The van der Waals surface area contributed by atoms with Crippen molar-refractivity contribution in [1.82, 2.24) is 14.4 Å². The van der Waals surface area contributed by atoms with Gasteiger partial charge in [-0.25, -0.2) is 0 Å².